The number of aliphatic imine (C=N–C) groups is 1. The van der Waals surface area contributed by atoms with Crippen LogP contribution < -0.4 is 5.32 Å². The third-order valence-electron chi connectivity index (χ3n) is 2.82. The molecule has 2 aliphatic heterocycles. The molecule has 2 aliphatic rings. The van der Waals surface area contributed by atoms with E-state index in [1.807, 2.05) is 11.8 Å². The van der Waals surface area contributed by atoms with Gasteiger partial charge in [0.2, 0.25) is 0 Å². The molecule has 0 aromatic rings. The summed E-state index contributed by atoms with van der Waals surface area (Å²) < 4.78 is 5.38. The van der Waals surface area contributed by atoms with Gasteiger partial charge in [-0.05, 0) is 19.8 Å². The van der Waals surface area contributed by atoms with E-state index in [0.29, 0.717) is 12.0 Å². The maximum Gasteiger partial charge on any atom is 0.156 e. The van der Waals surface area contributed by atoms with E-state index in [2.05, 4.69) is 17.2 Å². The molecule has 2 atom stereocenters. The zero-order chi connectivity index (χ0) is 9.80. The van der Waals surface area contributed by atoms with Crippen LogP contribution in [-0.2, 0) is 4.74 Å². The minimum atomic E-state index is 0.502. The first-order chi connectivity index (χ1) is 6.86. The fourth-order valence-electron chi connectivity index (χ4n) is 1.81. The number of rotatable bonds is 2. The van der Waals surface area contributed by atoms with Gasteiger partial charge >= 0.3 is 0 Å². The first-order valence-corrected chi connectivity index (χ1v) is 6.36. The Bertz CT molecular complexity index is 214. The Hall–Kier alpha value is -0.220. The predicted octanol–water partition coefficient (Wildman–Crippen LogP) is 1.49. The molecule has 2 heterocycles. The van der Waals surface area contributed by atoms with Crippen LogP contribution in [0.5, 0.6) is 0 Å². The number of thioether (sulfide) groups is 1. The summed E-state index contributed by atoms with van der Waals surface area (Å²) in [5.41, 5.74) is 0. The average Bonchev–Trinajstić information content (AvgIpc) is 2.72. The fraction of sp³-hybridized carbons (Fsp3) is 0.900. The Morgan fingerprint density at radius 2 is 2.57 bits per heavy atom. The molecule has 0 aromatic heterocycles. The Balaban J connectivity index is 1.80. The van der Waals surface area contributed by atoms with Crippen LogP contribution in [0.1, 0.15) is 19.8 Å². The third-order valence-corrected chi connectivity index (χ3v) is 3.83. The summed E-state index contributed by atoms with van der Waals surface area (Å²) >= 11 is 1.85. The van der Waals surface area contributed by atoms with E-state index in [4.69, 9.17) is 4.74 Å². The van der Waals surface area contributed by atoms with Gasteiger partial charge in [0.25, 0.3) is 0 Å². The van der Waals surface area contributed by atoms with E-state index in [0.717, 1.165) is 24.9 Å². The van der Waals surface area contributed by atoms with Gasteiger partial charge in [0.15, 0.2) is 5.17 Å². The molecule has 1 fully saturated rings. The lowest BCUT2D eigenvalue weighted by atomic mass is 10.0. The van der Waals surface area contributed by atoms with Crippen LogP contribution >= 0.6 is 11.8 Å². The van der Waals surface area contributed by atoms with Gasteiger partial charge in [0.05, 0.1) is 6.61 Å². The third kappa shape index (κ3) is 2.64. The standard InChI is InChI=1S/C10H18N2OS/c1-8(9-3-5-13-7-9)12-10-11-4-2-6-14-10/h8-9H,2-7H2,1H3,(H,11,12). The summed E-state index contributed by atoms with van der Waals surface area (Å²) in [4.78, 5) is 4.47. The molecule has 3 nitrogen and oxygen atoms in total. The molecule has 2 rings (SSSR count). The normalized spacial score (nSPS) is 29.8. The lowest BCUT2D eigenvalue weighted by Crippen LogP contribution is -2.38. The first-order valence-electron chi connectivity index (χ1n) is 5.38. The van der Waals surface area contributed by atoms with Crippen molar-refractivity contribution < 1.29 is 4.74 Å². The molecule has 0 radical (unpaired) electrons. The van der Waals surface area contributed by atoms with Crippen molar-refractivity contribution in [2.45, 2.75) is 25.8 Å². The monoisotopic (exact) mass is 214 g/mol. The van der Waals surface area contributed by atoms with Gasteiger partial charge in [-0.3, -0.25) is 4.99 Å². The largest absolute Gasteiger partial charge is 0.381 e. The zero-order valence-electron chi connectivity index (χ0n) is 8.66. The quantitative estimate of drug-likeness (QED) is 0.756. The molecule has 1 N–H and O–H groups in total. The maximum absolute atomic E-state index is 5.38. The highest BCUT2D eigenvalue weighted by atomic mass is 32.2. The van der Waals surface area contributed by atoms with Crippen molar-refractivity contribution in [3.63, 3.8) is 0 Å². The Morgan fingerprint density at radius 1 is 1.64 bits per heavy atom. The Morgan fingerprint density at radius 3 is 3.21 bits per heavy atom. The summed E-state index contributed by atoms with van der Waals surface area (Å²) in [6, 6.07) is 0.502. The first kappa shape index (κ1) is 10.3. The molecule has 0 spiro atoms. The van der Waals surface area contributed by atoms with E-state index in [9.17, 15) is 0 Å². The van der Waals surface area contributed by atoms with Crippen molar-refractivity contribution in [1.82, 2.24) is 5.32 Å². The van der Waals surface area contributed by atoms with Crippen LogP contribution in [0.2, 0.25) is 0 Å². The number of nitrogens with one attached hydrogen (secondary N) is 1. The number of nitrogens with zero attached hydrogens (tertiary/aromatic N) is 1. The van der Waals surface area contributed by atoms with Crippen molar-refractivity contribution in [2.75, 3.05) is 25.5 Å². The van der Waals surface area contributed by atoms with Crippen molar-refractivity contribution in [2.24, 2.45) is 10.9 Å². The highest BCUT2D eigenvalue weighted by Crippen LogP contribution is 2.18. The Kier molecular flexibility index (Phi) is 3.70. The highest BCUT2D eigenvalue weighted by molar-refractivity contribution is 8.13. The average molecular weight is 214 g/mol. The SMILES string of the molecule is CC(NC1=NCCCS1)C1CCOC1. The zero-order valence-corrected chi connectivity index (χ0v) is 9.48. The van der Waals surface area contributed by atoms with Crippen LogP contribution in [-0.4, -0.2) is 36.7 Å². The lowest BCUT2D eigenvalue weighted by Gasteiger charge is -2.22. The molecule has 80 valence electrons. The van der Waals surface area contributed by atoms with Crippen LogP contribution in [0.4, 0.5) is 0 Å². The van der Waals surface area contributed by atoms with Crippen molar-refractivity contribution in [1.29, 1.82) is 0 Å². The molecule has 14 heavy (non-hydrogen) atoms. The predicted molar refractivity (Wildman–Crippen MR) is 60.9 cm³/mol. The van der Waals surface area contributed by atoms with Crippen LogP contribution in [0.3, 0.4) is 0 Å². The van der Waals surface area contributed by atoms with E-state index in [-0.39, 0.29) is 0 Å². The van der Waals surface area contributed by atoms with Crippen LogP contribution in [0.25, 0.3) is 0 Å². The second-order valence-corrected chi connectivity index (χ2v) is 5.03. The molecular weight excluding hydrogens is 196 g/mol. The van der Waals surface area contributed by atoms with Gasteiger partial charge in [0.1, 0.15) is 0 Å². The van der Waals surface area contributed by atoms with E-state index in [1.165, 1.54) is 18.6 Å². The van der Waals surface area contributed by atoms with Gasteiger partial charge in [-0.25, -0.2) is 0 Å². The Labute approximate surface area is 89.7 Å². The molecule has 0 amide bonds. The van der Waals surface area contributed by atoms with Crippen molar-refractivity contribution in [3.8, 4) is 0 Å². The van der Waals surface area contributed by atoms with E-state index in [1.54, 1.807) is 0 Å². The topological polar surface area (TPSA) is 33.6 Å². The molecule has 0 aliphatic carbocycles. The van der Waals surface area contributed by atoms with Crippen LogP contribution in [0, 0.1) is 5.92 Å². The number of hydrogen-bond acceptors (Lipinski definition) is 4. The van der Waals surface area contributed by atoms with Gasteiger partial charge in [-0.2, -0.15) is 0 Å². The summed E-state index contributed by atoms with van der Waals surface area (Å²) in [5.74, 6) is 1.87. The maximum atomic E-state index is 5.38. The molecular formula is C10H18N2OS. The molecule has 0 aromatic carbocycles. The molecule has 1 saturated heterocycles. The number of ether oxygens (including phenoxy) is 1. The van der Waals surface area contributed by atoms with Gasteiger partial charge in [-0.1, -0.05) is 11.8 Å². The minimum Gasteiger partial charge on any atom is -0.381 e. The van der Waals surface area contributed by atoms with E-state index >= 15 is 0 Å². The van der Waals surface area contributed by atoms with Gasteiger partial charge < -0.3 is 10.1 Å². The number of hydrogen-bond donors (Lipinski definition) is 1. The highest BCUT2D eigenvalue weighted by Gasteiger charge is 2.23. The summed E-state index contributed by atoms with van der Waals surface area (Å²) in [5, 5.41) is 4.63. The fourth-order valence-corrected chi connectivity index (χ4v) is 2.73. The summed E-state index contributed by atoms with van der Waals surface area (Å²) in [6.07, 6.45) is 2.41. The second-order valence-electron chi connectivity index (χ2n) is 3.95. The lowest BCUT2D eigenvalue weighted by molar-refractivity contribution is 0.180. The van der Waals surface area contributed by atoms with Crippen molar-refractivity contribution >= 4 is 16.9 Å². The minimum absolute atomic E-state index is 0.502. The molecule has 0 saturated carbocycles. The number of amidine groups is 1. The smallest absolute Gasteiger partial charge is 0.156 e. The molecule has 4 heteroatoms. The molecule has 2 unspecified atom stereocenters. The van der Waals surface area contributed by atoms with Gasteiger partial charge in [0, 0.05) is 30.9 Å². The summed E-state index contributed by atoms with van der Waals surface area (Å²) in [7, 11) is 0. The summed E-state index contributed by atoms with van der Waals surface area (Å²) in [6.45, 7) is 5.06. The second kappa shape index (κ2) is 5.03. The van der Waals surface area contributed by atoms with Crippen LogP contribution in [0.15, 0.2) is 4.99 Å². The molecule has 0 bridgehead atoms. The van der Waals surface area contributed by atoms with Crippen molar-refractivity contribution in [3.05, 3.63) is 0 Å². The van der Waals surface area contributed by atoms with Gasteiger partial charge in [-0.15, -0.1) is 0 Å². The van der Waals surface area contributed by atoms with E-state index < -0.39 is 0 Å².